The fraction of sp³-hybridized carbons (Fsp3) is 0.571. The largest absolute Gasteiger partial charge is 0.401 e. The van der Waals surface area contributed by atoms with Crippen LogP contribution in [0.15, 0.2) is 18.3 Å². The summed E-state index contributed by atoms with van der Waals surface area (Å²) in [5.74, 6) is 0.318. The van der Waals surface area contributed by atoms with Gasteiger partial charge in [-0.25, -0.2) is 4.98 Å². The number of hydrogen-bond donors (Lipinski definition) is 2. The minimum absolute atomic E-state index is 0.113. The first-order chi connectivity index (χ1) is 10.4. The Hall–Kier alpha value is -1.83. The number of likely N-dealkylation sites (tertiary alicyclic amines) is 1. The van der Waals surface area contributed by atoms with Gasteiger partial charge in [0.2, 0.25) is 0 Å². The molecule has 1 saturated heterocycles. The Bertz CT molecular complexity index is 521. The van der Waals surface area contributed by atoms with Gasteiger partial charge in [-0.1, -0.05) is 0 Å². The number of rotatable bonds is 5. The van der Waals surface area contributed by atoms with Gasteiger partial charge in [0.15, 0.2) is 0 Å². The number of nitrogens with zero attached hydrogens (tertiary/aromatic N) is 2. The fourth-order valence-electron chi connectivity index (χ4n) is 2.58. The molecule has 0 spiro atoms. The van der Waals surface area contributed by atoms with Gasteiger partial charge in [0.1, 0.15) is 5.82 Å². The molecule has 0 radical (unpaired) electrons. The first-order valence-electron chi connectivity index (χ1n) is 7.09. The van der Waals surface area contributed by atoms with Crippen molar-refractivity contribution in [3.63, 3.8) is 0 Å². The summed E-state index contributed by atoms with van der Waals surface area (Å²) in [6, 6.07) is 3.31. The molecule has 0 aliphatic carbocycles. The molecular formula is C14H19F3N4O. The van der Waals surface area contributed by atoms with Crippen LogP contribution in [0.1, 0.15) is 16.8 Å². The van der Waals surface area contributed by atoms with Crippen molar-refractivity contribution in [2.75, 3.05) is 38.5 Å². The zero-order valence-corrected chi connectivity index (χ0v) is 12.3. The van der Waals surface area contributed by atoms with Crippen LogP contribution in [0.3, 0.4) is 0 Å². The van der Waals surface area contributed by atoms with Gasteiger partial charge in [0.25, 0.3) is 5.91 Å². The molecule has 0 aromatic carbocycles. The van der Waals surface area contributed by atoms with Crippen molar-refractivity contribution in [1.29, 1.82) is 0 Å². The van der Waals surface area contributed by atoms with E-state index in [9.17, 15) is 18.0 Å². The highest BCUT2D eigenvalue weighted by Crippen LogP contribution is 2.23. The molecule has 1 aliphatic rings. The van der Waals surface area contributed by atoms with Gasteiger partial charge in [-0.15, -0.1) is 0 Å². The van der Waals surface area contributed by atoms with Gasteiger partial charge in [-0.05, 0) is 31.0 Å². The second-order valence-electron chi connectivity index (χ2n) is 5.36. The van der Waals surface area contributed by atoms with Crippen molar-refractivity contribution in [1.82, 2.24) is 15.2 Å². The van der Waals surface area contributed by atoms with E-state index in [0.717, 1.165) is 0 Å². The van der Waals surface area contributed by atoms with Crippen LogP contribution >= 0.6 is 0 Å². The Morgan fingerprint density at radius 1 is 1.50 bits per heavy atom. The van der Waals surface area contributed by atoms with Crippen molar-refractivity contribution in [3.8, 4) is 0 Å². The van der Waals surface area contributed by atoms with E-state index in [0.29, 0.717) is 37.4 Å². The van der Waals surface area contributed by atoms with E-state index >= 15 is 0 Å². The number of nitrogens with one attached hydrogen (secondary N) is 2. The van der Waals surface area contributed by atoms with Gasteiger partial charge < -0.3 is 10.6 Å². The molecule has 1 aliphatic heterocycles. The van der Waals surface area contributed by atoms with Crippen LogP contribution in [0.25, 0.3) is 0 Å². The molecule has 5 nitrogen and oxygen atoms in total. The van der Waals surface area contributed by atoms with Crippen LogP contribution in [-0.4, -0.2) is 55.2 Å². The summed E-state index contributed by atoms with van der Waals surface area (Å²) in [6.45, 7) is 0.469. The van der Waals surface area contributed by atoms with Gasteiger partial charge >= 0.3 is 6.18 Å². The van der Waals surface area contributed by atoms with Crippen LogP contribution in [0, 0.1) is 5.92 Å². The number of carbonyl (C=O) groups is 1. The molecule has 1 amide bonds. The normalized spacial score (nSPS) is 19.2. The summed E-state index contributed by atoms with van der Waals surface area (Å²) >= 11 is 0. The lowest BCUT2D eigenvalue weighted by molar-refractivity contribution is -0.143. The number of alkyl halides is 3. The molecular weight excluding hydrogens is 297 g/mol. The Morgan fingerprint density at radius 2 is 2.27 bits per heavy atom. The summed E-state index contributed by atoms with van der Waals surface area (Å²) < 4.78 is 37.1. The first kappa shape index (κ1) is 16.5. The maximum atomic E-state index is 12.4. The minimum Gasteiger partial charge on any atom is -0.369 e. The lowest BCUT2D eigenvalue weighted by Gasteiger charge is -2.18. The van der Waals surface area contributed by atoms with Crippen molar-refractivity contribution in [2.45, 2.75) is 12.6 Å². The number of amides is 1. The maximum absolute atomic E-state index is 12.4. The molecule has 122 valence electrons. The van der Waals surface area contributed by atoms with Gasteiger partial charge in [-0.2, -0.15) is 13.2 Å². The standard InChI is InChI=1S/C14H19F3N4O/c1-18-13(22)11-3-2-5-19-12(11)20-7-10-4-6-21(8-10)9-14(15,16)17/h2-3,5,10H,4,6-9H2,1H3,(H,18,22)(H,19,20). The third-order valence-electron chi connectivity index (χ3n) is 3.61. The SMILES string of the molecule is CNC(=O)c1cccnc1NCC1CCN(CC(F)(F)F)C1. The highest BCUT2D eigenvalue weighted by atomic mass is 19.4. The summed E-state index contributed by atoms with van der Waals surface area (Å²) in [5, 5.41) is 5.60. The van der Waals surface area contributed by atoms with Crippen molar-refractivity contribution in [3.05, 3.63) is 23.9 Å². The zero-order chi connectivity index (χ0) is 16.2. The van der Waals surface area contributed by atoms with Crippen LogP contribution in [0.4, 0.5) is 19.0 Å². The molecule has 0 bridgehead atoms. The van der Waals surface area contributed by atoms with E-state index in [-0.39, 0.29) is 11.8 Å². The van der Waals surface area contributed by atoms with Crippen LogP contribution in [0.5, 0.6) is 0 Å². The molecule has 8 heteroatoms. The molecule has 1 aromatic rings. The second kappa shape index (κ2) is 6.95. The number of anilines is 1. The highest BCUT2D eigenvalue weighted by molar-refractivity contribution is 5.98. The van der Waals surface area contributed by atoms with Crippen LogP contribution in [-0.2, 0) is 0 Å². The quantitative estimate of drug-likeness (QED) is 0.869. The monoisotopic (exact) mass is 316 g/mol. The third-order valence-corrected chi connectivity index (χ3v) is 3.61. The summed E-state index contributed by atoms with van der Waals surface area (Å²) in [7, 11) is 1.53. The Kier molecular flexibility index (Phi) is 5.23. The van der Waals surface area contributed by atoms with E-state index in [1.165, 1.54) is 11.9 Å². The van der Waals surface area contributed by atoms with Gasteiger partial charge in [0, 0.05) is 26.3 Å². The number of aromatic nitrogens is 1. The molecule has 22 heavy (non-hydrogen) atoms. The van der Waals surface area contributed by atoms with Gasteiger partial charge in [0.05, 0.1) is 12.1 Å². The topological polar surface area (TPSA) is 57.3 Å². The van der Waals surface area contributed by atoms with E-state index in [4.69, 9.17) is 0 Å². The molecule has 2 heterocycles. The average Bonchev–Trinajstić information content (AvgIpc) is 2.90. The number of hydrogen-bond acceptors (Lipinski definition) is 4. The predicted molar refractivity (Wildman–Crippen MR) is 76.7 cm³/mol. The number of carbonyl (C=O) groups excluding carboxylic acids is 1. The molecule has 2 N–H and O–H groups in total. The van der Waals surface area contributed by atoms with E-state index in [1.54, 1.807) is 18.3 Å². The Labute approximate surface area is 126 Å². The maximum Gasteiger partial charge on any atom is 0.401 e. The first-order valence-corrected chi connectivity index (χ1v) is 7.09. The zero-order valence-electron chi connectivity index (χ0n) is 12.3. The smallest absolute Gasteiger partial charge is 0.369 e. The van der Waals surface area contributed by atoms with Crippen LogP contribution < -0.4 is 10.6 Å². The minimum atomic E-state index is -4.16. The lowest BCUT2D eigenvalue weighted by Crippen LogP contribution is -2.33. The number of halogens is 3. The molecule has 1 atom stereocenters. The Balaban J connectivity index is 1.88. The fourth-order valence-corrected chi connectivity index (χ4v) is 2.58. The van der Waals surface area contributed by atoms with Crippen molar-refractivity contribution < 1.29 is 18.0 Å². The second-order valence-corrected chi connectivity index (χ2v) is 5.36. The molecule has 2 rings (SSSR count). The Morgan fingerprint density at radius 3 is 2.95 bits per heavy atom. The molecule has 1 fully saturated rings. The predicted octanol–water partition coefficient (Wildman–Crippen LogP) is 1.74. The molecule has 0 saturated carbocycles. The highest BCUT2D eigenvalue weighted by Gasteiger charge is 2.34. The lowest BCUT2D eigenvalue weighted by atomic mass is 10.1. The summed E-state index contributed by atoms with van der Waals surface area (Å²) in [5.41, 5.74) is 0.426. The van der Waals surface area contributed by atoms with Crippen molar-refractivity contribution in [2.24, 2.45) is 5.92 Å². The number of pyridine rings is 1. The van der Waals surface area contributed by atoms with Gasteiger partial charge in [-0.3, -0.25) is 9.69 Å². The summed E-state index contributed by atoms with van der Waals surface area (Å²) in [6.07, 6.45) is -1.89. The molecule has 1 aromatic heterocycles. The summed E-state index contributed by atoms with van der Waals surface area (Å²) in [4.78, 5) is 17.2. The van der Waals surface area contributed by atoms with Crippen molar-refractivity contribution >= 4 is 11.7 Å². The van der Waals surface area contributed by atoms with E-state index < -0.39 is 12.7 Å². The average molecular weight is 316 g/mol. The van der Waals surface area contributed by atoms with E-state index in [2.05, 4.69) is 15.6 Å². The van der Waals surface area contributed by atoms with E-state index in [1.807, 2.05) is 0 Å². The van der Waals surface area contributed by atoms with Crippen LogP contribution in [0.2, 0.25) is 0 Å². The molecule has 1 unspecified atom stereocenters. The third kappa shape index (κ3) is 4.59.